The maximum absolute atomic E-state index is 10.4. The first-order chi connectivity index (χ1) is 6.97. The van der Waals surface area contributed by atoms with Crippen molar-refractivity contribution in [1.82, 2.24) is 4.98 Å². The highest BCUT2D eigenvalue weighted by Gasteiger charge is 2.03. The molecule has 0 aliphatic carbocycles. The summed E-state index contributed by atoms with van der Waals surface area (Å²) >= 11 is 3.23. The minimum Gasteiger partial charge on any atom is -0.286 e. The Morgan fingerprint density at radius 3 is 2.60 bits per heavy atom. The van der Waals surface area contributed by atoms with E-state index in [9.17, 15) is 8.42 Å². The predicted molar refractivity (Wildman–Crippen MR) is 61.3 cm³/mol. The molecule has 1 heterocycles. The highest BCUT2D eigenvalue weighted by Crippen LogP contribution is 2.09. The van der Waals surface area contributed by atoms with Gasteiger partial charge in [0.25, 0.3) is 10.1 Å². The topological polar surface area (TPSA) is 67.3 Å². The summed E-state index contributed by atoms with van der Waals surface area (Å²) in [5.74, 6) is -0.170. The Morgan fingerprint density at radius 1 is 1.33 bits per heavy atom. The van der Waals surface area contributed by atoms with Gasteiger partial charge in [0.1, 0.15) is 4.60 Å². The SMILES string of the molecule is O=S(=O)(O)CCCCc1ccc(Br)nc1. The predicted octanol–water partition coefficient (Wildman–Crippen LogP) is 2.05. The highest BCUT2D eigenvalue weighted by molar-refractivity contribution is 9.10. The van der Waals surface area contributed by atoms with E-state index in [-0.39, 0.29) is 5.75 Å². The average molecular weight is 294 g/mol. The van der Waals surface area contributed by atoms with Gasteiger partial charge in [0.2, 0.25) is 0 Å². The molecule has 15 heavy (non-hydrogen) atoms. The van der Waals surface area contributed by atoms with Crippen molar-refractivity contribution >= 4 is 26.0 Å². The highest BCUT2D eigenvalue weighted by atomic mass is 79.9. The third kappa shape index (κ3) is 5.86. The van der Waals surface area contributed by atoms with E-state index in [1.165, 1.54) is 0 Å². The van der Waals surface area contributed by atoms with E-state index < -0.39 is 10.1 Å². The summed E-state index contributed by atoms with van der Waals surface area (Å²) in [6, 6.07) is 3.78. The molecule has 6 heteroatoms. The lowest BCUT2D eigenvalue weighted by Crippen LogP contribution is -2.03. The van der Waals surface area contributed by atoms with Crippen molar-refractivity contribution in [2.24, 2.45) is 0 Å². The number of nitrogens with zero attached hydrogens (tertiary/aromatic N) is 1. The van der Waals surface area contributed by atoms with E-state index >= 15 is 0 Å². The first-order valence-corrected chi connectivity index (χ1v) is 6.93. The van der Waals surface area contributed by atoms with Crippen molar-refractivity contribution in [1.29, 1.82) is 0 Å². The van der Waals surface area contributed by atoms with Crippen molar-refractivity contribution in [3.63, 3.8) is 0 Å². The Labute approximate surface area is 97.6 Å². The molecular formula is C9H12BrNO3S. The van der Waals surface area contributed by atoms with Gasteiger partial charge in [-0.1, -0.05) is 6.07 Å². The molecule has 0 saturated carbocycles. The zero-order chi connectivity index (χ0) is 11.3. The van der Waals surface area contributed by atoms with E-state index in [1.807, 2.05) is 12.1 Å². The van der Waals surface area contributed by atoms with E-state index in [4.69, 9.17) is 4.55 Å². The molecule has 4 nitrogen and oxygen atoms in total. The Morgan fingerprint density at radius 2 is 2.07 bits per heavy atom. The van der Waals surface area contributed by atoms with Crippen LogP contribution in [0.5, 0.6) is 0 Å². The van der Waals surface area contributed by atoms with E-state index in [2.05, 4.69) is 20.9 Å². The lowest BCUT2D eigenvalue weighted by Gasteiger charge is -2.00. The molecule has 0 bridgehead atoms. The van der Waals surface area contributed by atoms with Gasteiger partial charge < -0.3 is 0 Å². The van der Waals surface area contributed by atoms with Gasteiger partial charge in [0.05, 0.1) is 5.75 Å². The molecule has 0 aromatic carbocycles. The quantitative estimate of drug-likeness (QED) is 0.513. The van der Waals surface area contributed by atoms with Gasteiger partial charge in [-0.25, -0.2) is 4.98 Å². The van der Waals surface area contributed by atoms with Crippen LogP contribution in [0.1, 0.15) is 18.4 Å². The number of hydrogen-bond acceptors (Lipinski definition) is 3. The van der Waals surface area contributed by atoms with Crippen LogP contribution in [0.2, 0.25) is 0 Å². The monoisotopic (exact) mass is 293 g/mol. The van der Waals surface area contributed by atoms with Gasteiger partial charge in [-0.15, -0.1) is 0 Å². The molecule has 0 saturated heterocycles. The van der Waals surface area contributed by atoms with Crippen molar-refractivity contribution < 1.29 is 13.0 Å². The normalized spacial score (nSPS) is 11.6. The summed E-state index contributed by atoms with van der Waals surface area (Å²) in [6.45, 7) is 0. The number of aryl methyl sites for hydroxylation is 1. The summed E-state index contributed by atoms with van der Waals surface area (Å²) in [5.41, 5.74) is 1.06. The first kappa shape index (κ1) is 12.6. The molecule has 84 valence electrons. The van der Waals surface area contributed by atoms with Gasteiger partial charge >= 0.3 is 0 Å². The largest absolute Gasteiger partial charge is 0.286 e. The van der Waals surface area contributed by atoms with Gasteiger partial charge in [-0.3, -0.25) is 4.55 Å². The van der Waals surface area contributed by atoms with Crippen LogP contribution in [-0.4, -0.2) is 23.7 Å². The average Bonchev–Trinajstić information content (AvgIpc) is 2.14. The number of halogens is 1. The van der Waals surface area contributed by atoms with Crippen LogP contribution < -0.4 is 0 Å². The van der Waals surface area contributed by atoms with E-state index in [0.717, 1.165) is 23.0 Å². The number of aromatic nitrogens is 1. The molecule has 1 aromatic rings. The lowest BCUT2D eigenvalue weighted by molar-refractivity contribution is 0.480. The lowest BCUT2D eigenvalue weighted by atomic mass is 10.1. The van der Waals surface area contributed by atoms with E-state index in [1.54, 1.807) is 6.20 Å². The summed E-state index contributed by atoms with van der Waals surface area (Å²) in [6.07, 6.45) is 3.71. The van der Waals surface area contributed by atoms with Crippen LogP contribution in [-0.2, 0) is 16.5 Å². The smallest absolute Gasteiger partial charge is 0.264 e. The van der Waals surface area contributed by atoms with Crippen LogP contribution in [0.4, 0.5) is 0 Å². The maximum Gasteiger partial charge on any atom is 0.264 e. The summed E-state index contributed by atoms with van der Waals surface area (Å²) in [7, 11) is -3.81. The fraction of sp³-hybridized carbons (Fsp3) is 0.444. The van der Waals surface area contributed by atoms with Crippen LogP contribution in [0.25, 0.3) is 0 Å². The third-order valence-corrected chi connectivity index (χ3v) is 3.18. The zero-order valence-corrected chi connectivity index (χ0v) is 10.5. The van der Waals surface area contributed by atoms with Gasteiger partial charge in [0, 0.05) is 6.20 Å². The zero-order valence-electron chi connectivity index (χ0n) is 8.06. The Kier molecular flexibility index (Phi) is 4.69. The molecule has 0 unspecified atom stereocenters. The van der Waals surface area contributed by atoms with Crippen molar-refractivity contribution in [2.75, 3.05) is 5.75 Å². The van der Waals surface area contributed by atoms with Crippen molar-refractivity contribution in [3.8, 4) is 0 Å². The molecule has 0 radical (unpaired) electrons. The first-order valence-electron chi connectivity index (χ1n) is 4.53. The molecular weight excluding hydrogens is 282 g/mol. The molecule has 1 rings (SSSR count). The fourth-order valence-electron chi connectivity index (χ4n) is 1.17. The van der Waals surface area contributed by atoms with Crippen LogP contribution in [0, 0.1) is 0 Å². The molecule has 0 atom stereocenters. The third-order valence-electron chi connectivity index (χ3n) is 1.91. The van der Waals surface area contributed by atoms with Gasteiger partial charge in [-0.05, 0) is 46.8 Å². The van der Waals surface area contributed by atoms with Crippen molar-refractivity contribution in [2.45, 2.75) is 19.3 Å². The Balaban J connectivity index is 2.29. The summed E-state index contributed by atoms with van der Waals surface area (Å²) in [4.78, 5) is 4.06. The number of unbranched alkanes of at least 4 members (excludes halogenated alkanes) is 1. The molecule has 0 aliphatic heterocycles. The minimum atomic E-state index is -3.81. The molecule has 1 N–H and O–H groups in total. The Bertz CT molecular complexity index is 402. The standard InChI is InChI=1S/C9H12BrNO3S/c10-9-5-4-8(7-11-9)3-1-2-6-15(12,13)14/h4-5,7H,1-3,6H2,(H,12,13,14). The van der Waals surface area contributed by atoms with Crippen LogP contribution >= 0.6 is 15.9 Å². The van der Waals surface area contributed by atoms with Gasteiger partial charge in [0.15, 0.2) is 0 Å². The van der Waals surface area contributed by atoms with Crippen LogP contribution in [0.15, 0.2) is 22.9 Å². The molecule has 0 aliphatic rings. The van der Waals surface area contributed by atoms with Gasteiger partial charge in [-0.2, -0.15) is 8.42 Å². The van der Waals surface area contributed by atoms with Crippen LogP contribution in [0.3, 0.4) is 0 Å². The van der Waals surface area contributed by atoms with E-state index in [0.29, 0.717) is 6.42 Å². The minimum absolute atomic E-state index is 0.170. The second-order valence-electron chi connectivity index (χ2n) is 3.23. The fourth-order valence-corrected chi connectivity index (χ4v) is 1.97. The number of hydrogen-bond donors (Lipinski definition) is 1. The Hall–Kier alpha value is -0.460. The van der Waals surface area contributed by atoms with Crippen molar-refractivity contribution in [3.05, 3.63) is 28.5 Å². The second-order valence-corrected chi connectivity index (χ2v) is 5.62. The molecule has 0 fully saturated rings. The molecule has 1 aromatic heterocycles. The number of pyridine rings is 1. The number of rotatable bonds is 5. The summed E-state index contributed by atoms with van der Waals surface area (Å²) < 4.78 is 30.1. The molecule has 0 spiro atoms. The molecule has 0 amide bonds. The maximum atomic E-state index is 10.4. The second kappa shape index (κ2) is 5.58. The summed E-state index contributed by atoms with van der Waals surface area (Å²) in [5, 5.41) is 0.